The molecule has 3 rings (SSSR count). The standard InChI is InChI=1S/C18H23N5O.ClH/c1-13-22-12-16(17(23-13)15-5-8-19-9-6-15)18(24)21-10-4-14-3-2-7-20-11-14;/h2-3,7,11-12,15,19H,4-6,8-10H2,1H3,(H,21,24);1H. The number of amides is 1. The van der Waals surface area contributed by atoms with Gasteiger partial charge in [0.1, 0.15) is 5.82 Å². The Kier molecular flexibility index (Phi) is 7.28. The van der Waals surface area contributed by atoms with Crippen molar-refractivity contribution in [3.63, 3.8) is 0 Å². The van der Waals surface area contributed by atoms with E-state index in [1.165, 1.54) is 0 Å². The van der Waals surface area contributed by atoms with Gasteiger partial charge in [0.25, 0.3) is 5.91 Å². The van der Waals surface area contributed by atoms with Crippen LogP contribution < -0.4 is 10.6 Å². The maximum atomic E-state index is 12.6. The molecular formula is C18H24ClN5O. The number of hydrogen-bond acceptors (Lipinski definition) is 5. The smallest absolute Gasteiger partial charge is 0.254 e. The van der Waals surface area contributed by atoms with Crippen LogP contribution in [-0.4, -0.2) is 40.5 Å². The average Bonchev–Trinajstić information content (AvgIpc) is 2.63. The molecule has 0 spiro atoms. The second-order valence-electron chi connectivity index (χ2n) is 6.11. The molecule has 3 heterocycles. The van der Waals surface area contributed by atoms with Gasteiger partial charge in [0.05, 0.1) is 11.3 Å². The molecule has 7 heteroatoms. The van der Waals surface area contributed by atoms with Crippen molar-refractivity contribution in [1.82, 2.24) is 25.6 Å². The van der Waals surface area contributed by atoms with Gasteiger partial charge >= 0.3 is 0 Å². The first kappa shape index (κ1) is 19.3. The van der Waals surface area contributed by atoms with E-state index < -0.39 is 0 Å². The highest BCUT2D eigenvalue weighted by molar-refractivity contribution is 5.95. The van der Waals surface area contributed by atoms with Gasteiger partial charge in [0, 0.05) is 31.1 Å². The van der Waals surface area contributed by atoms with E-state index in [-0.39, 0.29) is 18.3 Å². The Hall–Kier alpha value is -2.05. The van der Waals surface area contributed by atoms with E-state index in [1.54, 1.807) is 12.4 Å². The molecule has 0 aromatic carbocycles. The van der Waals surface area contributed by atoms with Crippen LogP contribution in [0.25, 0.3) is 0 Å². The molecule has 0 saturated carbocycles. The molecule has 6 nitrogen and oxygen atoms in total. The second kappa shape index (κ2) is 9.44. The Balaban J connectivity index is 0.00000225. The fourth-order valence-electron chi connectivity index (χ4n) is 3.03. The molecule has 2 aromatic rings. The van der Waals surface area contributed by atoms with Crippen LogP contribution in [0.3, 0.4) is 0 Å². The largest absolute Gasteiger partial charge is 0.352 e. The summed E-state index contributed by atoms with van der Waals surface area (Å²) < 4.78 is 0. The Morgan fingerprint density at radius 3 is 2.84 bits per heavy atom. The fraction of sp³-hybridized carbons (Fsp3) is 0.444. The van der Waals surface area contributed by atoms with Crippen molar-refractivity contribution in [3.05, 3.63) is 53.4 Å². The Labute approximate surface area is 154 Å². The van der Waals surface area contributed by atoms with Crippen LogP contribution in [0.2, 0.25) is 0 Å². The summed E-state index contributed by atoms with van der Waals surface area (Å²) in [5, 5.41) is 6.33. The Morgan fingerprint density at radius 1 is 1.32 bits per heavy atom. The predicted octanol–water partition coefficient (Wildman–Crippen LogP) is 2.04. The summed E-state index contributed by atoms with van der Waals surface area (Å²) in [6.07, 6.45) is 8.01. The molecule has 2 N–H and O–H groups in total. The van der Waals surface area contributed by atoms with E-state index in [4.69, 9.17) is 0 Å². The third-order valence-corrected chi connectivity index (χ3v) is 4.33. The first-order chi connectivity index (χ1) is 11.7. The van der Waals surface area contributed by atoms with Crippen LogP contribution in [-0.2, 0) is 6.42 Å². The van der Waals surface area contributed by atoms with Gasteiger partial charge in [-0.25, -0.2) is 9.97 Å². The van der Waals surface area contributed by atoms with Crippen LogP contribution >= 0.6 is 12.4 Å². The molecule has 1 fully saturated rings. The van der Waals surface area contributed by atoms with E-state index in [0.29, 0.717) is 18.0 Å². The highest BCUT2D eigenvalue weighted by Gasteiger charge is 2.23. The zero-order chi connectivity index (χ0) is 16.8. The maximum absolute atomic E-state index is 12.6. The predicted molar refractivity (Wildman–Crippen MR) is 99.1 cm³/mol. The highest BCUT2D eigenvalue weighted by Crippen LogP contribution is 2.26. The molecular weight excluding hydrogens is 338 g/mol. The minimum absolute atomic E-state index is 0. The number of rotatable bonds is 5. The number of piperidine rings is 1. The SMILES string of the molecule is Cc1ncc(C(=O)NCCc2cccnc2)c(C2CCNCC2)n1.Cl. The molecule has 25 heavy (non-hydrogen) atoms. The second-order valence-corrected chi connectivity index (χ2v) is 6.11. The fourth-order valence-corrected chi connectivity index (χ4v) is 3.03. The van der Waals surface area contributed by atoms with Crippen molar-refractivity contribution in [3.8, 4) is 0 Å². The lowest BCUT2D eigenvalue weighted by molar-refractivity contribution is 0.0951. The molecule has 0 bridgehead atoms. The first-order valence-electron chi connectivity index (χ1n) is 8.45. The maximum Gasteiger partial charge on any atom is 0.254 e. The van der Waals surface area contributed by atoms with Gasteiger partial charge in [-0.3, -0.25) is 9.78 Å². The zero-order valence-electron chi connectivity index (χ0n) is 14.4. The molecule has 1 aliphatic rings. The first-order valence-corrected chi connectivity index (χ1v) is 8.45. The van der Waals surface area contributed by atoms with Gasteiger partial charge in [0.2, 0.25) is 0 Å². The van der Waals surface area contributed by atoms with Gasteiger partial charge in [0.15, 0.2) is 0 Å². The van der Waals surface area contributed by atoms with Gasteiger partial charge in [-0.1, -0.05) is 6.07 Å². The van der Waals surface area contributed by atoms with Crippen molar-refractivity contribution >= 4 is 18.3 Å². The lowest BCUT2D eigenvalue weighted by Crippen LogP contribution is -2.31. The quantitative estimate of drug-likeness (QED) is 0.851. The van der Waals surface area contributed by atoms with Gasteiger partial charge < -0.3 is 10.6 Å². The summed E-state index contributed by atoms with van der Waals surface area (Å²) in [4.78, 5) is 25.5. The van der Waals surface area contributed by atoms with E-state index in [9.17, 15) is 4.79 Å². The van der Waals surface area contributed by atoms with Crippen LogP contribution in [0.15, 0.2) is 30.7 Å². The summed E-state index contributed by atoms with van der Waals surface area (Å²) in [6.45, 7) is 4.38. The Bertz CT molecular complexity index is 689. The number of pyridine rings is 1. The normalized spacial score (nSPS) is 14.6. The van der Waals surface area contributed by atoms with Crippen molar-refractivity contribution in [2.24, 2.45) is 0 Å². The van der Waals surface area contributed by atoms with Gasteiger partial charge in [-0.2, -0.15) is 0 Å². The summed E-state index contributed by atoms with van der Waals surface area (Å²) in [6, 6.07) is 3.91. The highest BCUT2D eigenvalue weighted by atomic mass is 35.5. The van der Waals surface area contributed by atoms with Crippen molar-refractivity contribution in [1.29, 1.82) is 0 Å². The van der Waals surface area contributed by atoms with Crippen molar-refractivity contribution in [2.75, 3.05) is 19.6 Å². The van der Waals surface area contributed by atoms with E-state index in [0.717, 1.165) is 49.4 Å². The number of hydrogen-bond donors (Lipinski definition) is 2. The van der Waals surface area contributed by atoms with Gasteiger partial charge in [-0.15, -0.1) is 12.4 Å². The monoisotopic (exact) mass is 361 g/mol. The molecule has 1 aliphatic heterocycles. The topological polar surface area (TPSA) is 79.8 Å². The summed E-state index contributed by atoms with van der Waals surface area (Å²) in [7, 11) is 0. The van der Waals surface area contributed by atoms with Crippen molar-refractivity contribution < 1.29 is 4.79 Å². The van der Waals surface area contributed by atoms with E-state index in [2.05, 4.69) is 25.6 Å². The molecule has 2 aromatic heterocycles. The molecule has 134 valence electrons. The molecule has 1 amide bonds. The number of carbonyl (C=O) groups is 1. The third-order valence-electron chi connectivity index (χ3n) is 4.33. The summed E-state index contributed by atoms with van der Waals surface area (Å²) in [5.74, 6) is 0.954. The molecule has 1 saturated heterocycles. The molecule has 0 radical (unpaired) electrons. The lowest BCUT2D eigenvalue weighted by Gasteiger charge is -2.24. The molecule has 0 unspecified atom stereocenters. The van der Waals surface area contributed by atoms with Gasteiger partial charge in [-0.05, 0) is 50.9 Å². The number of halogens is 1. The van der Waals surface area contributed by atoms with E-state index >= 15 is 0 Å². The average molecular weight is 362 g/mol. The van der Waals surface area contributed by atoms with Crippen LogP contribution in [0.4, 0.5) is 0 Å². The van der Waals surface area contributed by atoms with Crippen LogP contribution in [0, 0.1) is 6.92 Å². The molecule has 0 atom stereocenters. The summed E-state index contributed by atoms with van der Waals surface area (Å²) in [5.41, 5.74) is 2.61. The number of nitrogens with zero attached hydrogens (tertiary/aromatic N) is 3. The number of carbonyl (C=O) groups excluding carboxylic acids is 1. The zero-order valence-corrected chi connectivity index (χ0v) is 15.2. The Morgan fingerprint density at radius 2 is 2.12 bits per heavy atom. The van der Waals surface area contributed by atoms with Crippen LogP contribution in [0.1, 0.15) is 46.2 Å². The summed E-state index contributed by atoms with van der Waals surface area (Å²) >= 11 is 0. The van der Waals surface area contributed by atoms with E-state index in [1.807, 2.05) is 25.3 Å². The number of aromatic nitrogens is 3. The lowest BCUT2D eigenvalue weighted by atomic mass is 9.91. The minimum atomic E-state index is -0.0903. The third kappa shape index (κ3) is 5.21. The van der Waals surface area contributed by atoms with Crippen LogP contribution in [0.5, 0.6) is 0 Å². The number of aryl methyl sites for hydroxylation is 1. The van der Waals surface area contributed by atoms with Crippen molar-refractivity contribution in [2.45, 2.75) is 32.1 Å². The molecule has 0 aliphatic carbocycles. The number of nitrogens with one attached hydrogen (secondary N) is 2. The minimum Gasteiger partial charge on any atom is -0.352 e.